The number of carbonyl (C=O) groups excluding carboxylic acids is 4. The van der Waals surface area contributed by atoms with Crippen LogP contribution in [0.25, 0.3) is 0 Å². The van der Waals surface area contributed by atoms with Crippen LogP contribution in [0.2, 0.25) is 5.15 Å². The van der Waals surface area contributed by atoms with E-state index in [0.717, 1.165) is 17.7 Å². The summed E-state index contributed by atoms with van der Waals surface area (Å²) >= 11 is 5.82. The maximum absolute atomic E-state index is 12.3. The van der Waals surface area contributed by atoms with Gasteiger partial charge in [-0.1, -0.05) is 24.4 Å². The zero-order valence-corrected chi connectivity index (χ0v) is 14.7. The van der Waals surface area contributed by atoms with Crippen molar-refractivity contribution >= 4 is 41.0 Å². The molecule has 0 unspecified atom stereocenters. The molecule has 138 valence electrons. The van der Waals surface area contributed by atoms with Crippen LogP contribution < -0.4 is 5.32 Å². The van der Waals surface area contributed by atoms with Gasteiger partial charge in [-0.15, -0.1) is 0 Å². The smallest absolute Gasteiger partial charge is 0.326 e. The normalized spacial score (nSPS) is 22.1. The van der Waals surface area contributed by atoms with Gasteiger partial charge in [-0.05, 0) is 25.0 Å². The molecule has 3 rings (SSSR count). The Balaban J connectivity index is 1.50. The molecule has 2 atom stereocenters. The van der Waals surface area contributed by atoms with Crippen LogP contribution in [-0.4, -0.2) is 46.7 Å². The lowest BCUT2D eigenvalue weighted by molar-refractivity contribution is -0.154. The molecule has 2 heterocycles. The highest BCUT2D eigenvalue weighted by molar-refractivity contribution is 6.32. The Morgan fingerprint density at radius 2 is 1.88 bits per heavy atom. The molecule has 0 spiro atoms. The van der Waals surface area contributed by atoms with Crippen LogP contribution in [0, 0.1) is 11.8 Å². The molecule has 8 nitrogen and oxygen atoms in total. The van der Waals surface area contributed by atoms with Crippen LogP contribution in [0.1, 0.15) is 25.7 Å². The number of hydrogen-bond donors (Lipinski definition) is 1. The molecule has 1 aliphatic carbocycles. The second kappa shape index (κ2) is 7.82. The van der Waals surface area contributed by atoms with Gasteiger partial charge in [-0.2, -0.15) is 0 Å². The number of imide groups is 1. The van der Waals surface area contributed by atoms with Gasteiger partial charge in [0, 0.05) is 6.20 Å². The largest absolute Gasteiger partial charge is 0.454 e. The number of esters is 1. The Morgan fingerprint density at radius 3 is 2.50 bits per heavy atom. The first-order valence-electron chi connectivity index (χ1n) is 8.38. The molecule has 2 fully saturated rings. The fraction of sp³-hybridized carbons (Fsp3) is 0.471. The van der Waals surface area contributed by atoms with Crippen LogP contribution in [-0.2, 0) is 23.9 Å². The van der Waals surface area contributed by atoms with Crippen LogP contribution >= 0.6 is 11.6 Å². The third-order valence-corrected chi connectivity index (χ3v) is 4.92. The molecule has 1 aromatic heterocycles. The SMILES string of the molecule is O=C(COC(=O)CN1C(=O)[C@H]2CCCC[C@H]2C1=O)Nc1cccnc1Cl. The van der Waals surface area contributed by atoms with E-state index >= 15 is 0 Å². The summed E-state index contributed by atoms with van der Waals surface area (Å²) in [6.07, 6.45) is 4.65. The van der Waals surface area contributed by atoms with Crippen molar-refractivity contribution in [2.45, 2.75) is 25.7 Å². The van der Waals surface area contributed by atoms with Crippen LogP contribution in [0.3, 0.4) is 0 Å². The first kappa shape index (κ1) is 18.3. The molecule has 26 heavy (non-hydrogen) atoms. The third-order valence-electron chi connectivity index (χ3n) is 4.62. The molecule has 3 amide bonds. The predicted octanol–water partition coefficient (Wildman–Crippen LogP) is 1.39. The van der Waals surface area contributed by atoms with Crippen molar-refractivity contribution in [1.29, 1.82) is 0 Å². The van der Waals surface area contributed by atoms with E-state index in [9.17, 15) is 19.2 Å². The molecule has 0 radical (unpaired) electrons. The maximum atomic E-state index is 12.3. The quantitative estimate of drug-likeness (QED) is 0.471. The van der Waals surface area contributed by atoms with Gasteiger partial charge in [0.05, 0.1) is 17.5 Å². The Labute approximate surface area is 154 Å². The van der Waals surface area contributed by atoms with Crippen molar-refractivity contribution in [2.75, 3.05) is 18.5 Å². The lowest BCUT2D eigenvalue weighted by atomic mass is 9.81. The number of fused-ring (bicyclic) bond motifs is 1. The fourth-order valence-electron chi connectivity index (χ4n) is 3.37. The highest BCUT2D eigenvalue weighted by Crippen LogP contribution is 2.37. The monoisotopic (exact) mass is 379 g/mol. The van der Waals surface area contributed by atoms with Gasteiger partial charge in [0.15, 0.2) is 11.8 Å². The van der Waals surface area contributed by atoms with E-state index in [1.165, 1.54) is 6.20 Å². The zero-order chi connectivity index (χ0) is 18.7. The van der Waals surface area contributed by atoms with Gasteiger partial charge in [0.2, 0.25) is 11.8 Å². The standard InChI is InChI=1S/C17H18ClN3O5/c18-15-12(6-3-7-19-15)20-13(22)9-26-14(23)8-21-16(24)10-4-1-2-5-11(10)17(21)25/h3,6-7,10-11H,1-2,4-5,8-9H2,(H,20,22)/t10-,11+. The number of carbonyl (C=O) groups is 4. The number of ether oxygens (including phenoxy) is 1. The van der Waals surface area contributed by atoms with E-state index in [0.29, 0.717) is 18.5 Å². The fourth-order valence-corrected chi connectivity index (χ4v) is 3.54. The third kappa shape index (κ3) is 3.85. The number of aromatic nitrogens is 1. The molecular weight excluding hydrogens is 362 g/mol. The number of likely N-dealkylation sites (tertiary alicyclic amines) is 1. The van der Waals surface area contributed by atoms with Crippen molar-refractivity contribution in [3.05, 3.63) is 23.5 Å². The lowest BCUT2D eigenvalue weighted by Gasteiger charge is -2.19. The van der Waals surface area contributed by atoms with Crippen LogP contribution in [0.5, 0.6) is 0 Å². The lowest BCUT2D eigenvalue weighted by Crippen LogP contribution is -2.37. The van der Waals surface area contributed by atoms with Crippen molar-refractivity contribution < 1.29 is 23.9 Å². The van der Waals surface area contributed by atoms with Crippen LogP contribution in [0.4, 0.5) is 5.69 Å². The minimum Gasteiger partial charge on any atom is -0.454 e. The molecule has 0 bridgehead atoms. The average Bonchev–Trinajstić information content (AvgIpc) is 2.87. The van der Waals surface area contributed by atoms with Gasteiger partial charge >= 0.3 is 5.97 Å². The molecule has 0 aromatic carbocycles. The Kier molecular flexibility index (Phi) is 5.51. The van der Waals surface area contributed by atoms with E-state index < -0.39 is 25.0 Å². The number of nitrogens with one attached hydrogen (secondary N) is 1. The Morgan fingerprint density at radius 1 is 1.23 bits per heavy atom. The number of anilines is 1. The molecule has 1 aromatic rings. The van der Waals surface area contributed by atoms with Crippen molar-refractivity contribution in [2.24, 2.45) is 11.8 Å². The summed E-state index contributed by atoms with van der Waals surface area (Å²) in [6.45, 7) is -1.02. The molecule has 1 saturated heterocycles. The number of rotatable bonds is 5. The van der Waals surface area contributed by atoms with E-state index in [2.05, 4.69) is 10.3 Å². The summed E-state index contributed by atoms with van der Waals surface area (Å²) in [5.41, 5.74) is 0.296. The molecule has 9 heteroatoms. The number of amides is 3. The van der Waals surface area contributed by atoms with Gasteiger partial charge < -0.3 is 10.1 Å². The minimum atomic E-state index is -0.808. The number of nitrogens with zero attached hydrogens (tertiary/aromatic N) is 2. The van der Waals surface area contributed by atoms with Gasteiger partial charge in [0.1, 0.15) is 6.54 Å². The van der Waals surface area contributed by atoms with Gasteiger partial charge in [0.25, 0.3) is 5.91 Å². The Bertz CT molecular complexity index is 730. The molecule has 1 saturated carbocycles. The molecule has 1 N–H and O–H groups in total. The van der Waals surface area contributed by atoms with E-state index in [1.54, 1.807) is 12.1 Å². The predicted molar refractivity (Wildman–Crippen MR) is 91.0 cm³/mol. The second-order valence-electron chi connectivity index (χ2n) is 6.31. The molecule has 2 aliphatic rings. The van der Waals surface area contributed by atoms with E-state index in [-0.39, 0.29) is 28.8 Å². The number of pyridine rings is 1. The van der Waals surface area contributed by atoms with Crippen molar-refractivity contribution in [1.82, 2.24) is 9.88 Å². The first-order valence-corrected chi connectivity index (χ1v) is 8.76. The van der Waals surface area contributed by atoms with E-state index in [1.807, 2.05) is 0 Å². The second-order valence-corrected chi connectivity index (χ2v) is 6.67. The summed E-state index contributed by atoms with van der Waals surface area (Å²) in [4.78, 5) is 53.1. The van der Waals surface area contributed by atoms with Gasteiger partial charge in [-0.25, -0.2) is 4.98 Å². The summed E-state index contributed by atoms with van der Waals surface area (Å²) in [5, 5.41) is 2.57. The summed E-state index contributed by atoms with van der Waals surface area (Å²) in [5.74, 6) is -2.68. The van der Waals surface area contributed by atoms with E-state index in [4.69, 9.17) is 16.3 Å². The summed E-state index contributed by atoms with van der Waals surface area (Å²) in [7, 11) is 0. The first-order chi connectivity index (χ1) is 12.5. The zero-order valence-electron chi connectivity index (χ0n) is 13.9. The van der Waals surface area contributed by atoms with Crippen molar-refractivity contribution in [3.8, 4) is 0 Å². The number of hydrogen-bond acceptors (Lipinski definition) is 6. The van der Waals surface area contributed by atoms with Crippen LogP contribution in [0.15, 0.2) is 18.3 Å². The number of halogens is 1. The molecular formula is C17H18ClN3O5. The topological polar surface area (TPSA) is 106 Å². The van der Waals surface area contributed by atoms with Crippen molar-refractivity contribution in [3.63, 3.8) is 0 Å². The van der Waals surface area contributed by atoms with Gasteiger partial charge in [-0.3, -0.25) is 24.1 Å². The highest BCUT2D eigenvalue weighted by atomic mass is 35.5. The molecule has 1 aliphatic heterocycles. The summed E-state index contributed by atoms with van der Waals surface area (Å²) in [6, 6.07) is 3.15. The minimum absolute atomic E-state index is 0.114. The Hall–Kier alpha value is -2.48. The summed E-state index contributed by atoms with van der Waals surface area (Å²) < 4.78 is 4.87. The average molecular weight is 380 g/mol. The highest BCUT2D eigenvalue weighted by Gasteiger charge is 2.48. The maximum Gasteiger partial charge on any atom is 0.326 e.